The topological polar surface area (TPSA) is 0 Å². The lowest BCUT2D eigenvalue weighted by Gasteiger charge is -2.27. The molecule has 0 radical (unpaired) electrons. The minimum Gasteiger partial charge on any atom is -0.0734 e. The summed E-state index contributed by atoms with van der Waals surface area (Å²) >= 11 is 0. The number of rotatable bonds is 6. The van der Waals surface area contributed by atoms with Crippen LogP contribution in [0.4, 0.5) is 0 Å². The molecule has 0 heterocycles. The van der Waals surface area contributed by atoms with Crippen LogP contribution in [0.15, 0.2) is 42.5 Å². The molecule has 1 atom stereocenters. The fraction of sp³-hybridized carbons (Fsp3) is 0.478. The molecule has 0 saturated heterocycles. The first-order valence-electron chi connectivity index (χ1n) is 9.24. The summed E-state index contributed by atoms with van der Waals surface area (Å²) in [5.41, 5.74) is 6.11. The third-order valence-corrected chi connectivity index (χ3v) is 6.87. The van der Waals surface area contributed by atoms with Crippen molar-refractivity contribution in [2.45, 2.75) is 65.5 Å². The molecule has 0 fully saturated rings. The van der Waals surface area contributed by atoms with Crippen molar-refractivity contribution in [1.29, 1.82) is 0 Å². The van der Waals surface area contributed by atoms with Gasteiger partial charge in [0.15, 0.2) is 0 Å². The molecule has 2 aromatic carbocycles. The first-order valence-corrected chi connectivity index (χ1v) is 11.2. The standard InChI is InChI=1S/C23H33P/c1-16(2)20-13-21(17(3)4)23(22(14-20)18(5)6)24(7)15-19-11-9-8-10-12-19/h8-14,16-18H,15H2,1-7H3. The van der Waals surface area contributed by atoms with E-state index in [2.05, 4.69) is 90.7 Å². The molecule has 2 rings (SSSR count). The van der Waals surface area contributed by atoms with Gasteiger partial charge in [-0.1, -0.05) is 91.9 Å². The van der Waals surface area contributed by atoms with Gasteiger partial charge in [-0.3, -0.25) is 0 Å². The number of hydrogen-bond donors (Lipinski definition) is 0. The van der Waals surface area contributed by atoms with E-state index < -0.39 is 0 Å². The average Bonchev–Trinajstić information content (AvgIpc) is 2.54. The van der Waals surface area contributed by atoms with Crippen molar-refractivity contribution in [2.24, 2.45) is 0 Å². The van der Waals surface area contributed by atoms with Crippen molar-refractivity contribution < 1.29 is 0 Å². The van der Waals surface area contributed by atoms with E-state index in [9.17, 15) is 0 Å². The lowest BCUT2D eigenvalue weighted by molar-refractivity contribution is 0.813. The first-order chi connectivity index (χ1) is 11.3. The Morgan fingerprint density at radius 3 is 1.67 bits per heavy atom. The van der Waals surface area contributed by atoms with Crippen LogP contribution >= 0.6 is 7.92 Å². The Hall–Kier alpha value is -1.13. The van der Waals surface area contributed by atoms with Gasteiger partial charge in [0.05, 0.1) is 0 Å². The molecule has 0 N–H and O–H groups in total. The van der Waals surface area contributed by atoms with E-state index in [1.807, 2.05) is 0 Å². The normalized spacial score (nSPS) is 13.1. The van der Waals surface area contributed by atoms with Crippen molar-refractivity contribution in [2.75, 3.05) is 6.66 Å². The van der Waals surface area contributed by atoms with Gasteiger partial charge in [-0.05, 0) is 58.1 Å². The molecule has 0 bridgehead atoms. The Bertz CT molecular complexity index is 624. The van der Waals surface area contributed by atoms with Crippen LogP contribution in [0, 0.1) is 0 Å². The summed E-state index contributed by atoms with van der Waals surface area (Å²) in [5, 5.41) is 1.66. The van der Waals surface area contributed by atoms with Gasteiger partial charge in [-0.25, -0.2) is 0 Å². The smallest absolute Gasteiger partial charge is 0.00351 e. The Kier molecular flexibility index (Phi) is 6.64. The molecule has 1 heteroatoms. The van der Waals surface area contributed by atoms with Gasteiger partial charge >= 0.3 is 0 Å². The fourth-order valence-electron chi connectivity index (χ4n) is 3.29. The van der Waals surface area contributed by atoms with Gasteiger partial charge in [0.25, 0.3) is 0 Å². The van der Waals surface area contributed by atoms with E-state index >= 15 is 0 Å². The van der Waals surface area contributed by atoms with Gasteiger partial charge in [-0.15, -0.1) is 0 Å². The molecule has 0 aromatic heterocycles. The lowest BCUT2D eigenvalue weighted by atomic mass is 9.89. The first kappa shape index (κ1) is 19.2. The largest absolute Gasteiger partial charge is 0.0734 e. The van der Waals surface area contributed by atoms with Crippen LogP contribution < -0.4 is 5.30 Å². The molecule has 0 spiro atoms. The van der Waals surface area contributed by atoms with E-state index in [-0.39, 0.29) is 7.92 Å². The number of hydrogen-bond acceptors (Lipinski definition) is 0. The van der Waals surface area contributed by atoms with Crippen LogP contribution in [0.5, 0.6) is 0 Å². The Morgan fingerprint density at radius 2 is 1.25 bits per heavy atom. The maximum Gasteiger partial charge on any atom is -0.00351 e. The molecule has 0 aliphatic heterocycles. The third-order valence-electron chi connectivity index (χ3n) is 4.75. The fourth-order valence-corrected chi connectivity index (χ4v) is 5.74. The van der Waals surface area contributed by atoms with Crippen LogP contribution in [0.25, 0.3) is 0 Å². The van der Waals surface area contributed by atoms with E-state index in [0.29, 0.717) is 17.8 Å². The second-order valence-electron chi connectivity index (χ2n) is 7.85. The highest BCUT2D eigenvalue weighted by molar-refractivity contribution is 7.64. The van der Waals surface area contributed by atoms with Gasteiger partial charge in [0.1, 0.15) is 0 Å². The van der Waals surface area contributed by atoms with E-state index in [0.717, 1.165) is 0 Å². The summed E-state index contributed by atoms with van der Waals surface area (Å²) in [6, 6.07) is 15.9. The quantitative estimate of drug-likeness (QED) is 0.497. The molecule has 0 aliphatic carbocycles. The van der Waals surface area contributed by atoms with Gasteiger partial charge < -0.3 is 0 Å². The zero-order valence-electron chi connectivity index (χ0n) is 16.4. The second-order valence-corrected chi connectivity index (χ2v) is 10.0. The molecular weight excluding hydrogens is 307 g/mol. The maximum absolute atomic E-state index is 2.49. The molecule has 0 aliphatic rings. The zero-order valence-corrected chi connectivity index (χ0v) is 17.3. The van der Waals surface area contributed by atoms with Crippen LogP contribution in [0.1, 0.15) is 81.5 Å². The minimum atomic E-state index is -0.190. The third kappa shape index (κ3) is 4.48. The summed E-state index contributed by atoms with van der Waals surface area (Å²) in [6.45, 7) is 16.5. The van der Waals surface area contributed by atoms with Crippen molar-refractivity contribution in [1.82, 2.24) is 0 Å². The Labute approximate surface area is 150 Å². The van der Waals surface area contributed by atoms with Gasteiger partial charge in [0, 0.05) is 0 Å². The van der Waals surface area contributed by atoms with E-state index in [1.165, 1.54) is 17.3 Å². The molecule has 2 aromatic rings. The summed E-state index contributed by atoms with van der Waals surface area (Å²) in [5.74, 6) is 1.75. The summed E-state index contributed by atoms with van der Waals surface area (Å²) in [6.07, 6.45) is 1.18. The van der Waals surface area contributed by atoms with Crippen LogP contribution in [0.2, 0.25) is 0 Å². The SMILES string of the molecule is CC(C)c1cc(C(C)C)c(P(C)Cc2ccccc2)c(C(C)C)c1. The average molecular weight is 340 g/mol. The van der Waals surface area contributed by atoms with Crippen molar-refractivity contribution in [3.8, 4) is 0 Å². The van der Waals surface area contributed by atoms with E-state index in [4.69, 9.17) is 0 Å². The Morgan fingerprint density at radius 1 is 0.750 bits per heavy atom. The summed E-state index contributed by atoms with van der Waals surface area (Å²) in [7, 11) is -0.190. The monoisotopic (exact) mass is 340 g/mol. The van der Waals surface area contributed by atoms with Crippen molar-refractivity contribution in [3.63, 3.8) is 0 Å². The predicted molar refractivity (Wildman–Crippen MR) is 111 cm³/mol. The highest BCUT2D eigenvalue weighted by Gasteiger charge is 2.21. The summed E-state index contributed by atoms with van der Waals surface area (Å²) in [4.78, 5) is 0. The van der Waals surface area contributed by atoms with E-state index in [1.54, 1.807) is 16.4 Å². The summed E-state index contributed by atoms with van der Waals surface area (Å²) < 4.78 is 0. The highest BCUT2D eigenvalue weighted by atomic mass is 31.1. The van der Waals surface area contributed by atoms with Crippen molar-refractivity contribution in [3.05, 3.63) is 64.7 Å². The number of benzene rings is 2. The van der Waals surface area contributed by atoms with Crippen LogP contribution in [0.3, 0.4) is 0 Å². The minimum absolute atomic E-state index is 0.190. The Balaban J connectivity index is 2.53. The molecule has 0 amide bonds. The predicted octanol–water partition coefficient (Wildman–Crippen LogP) is 6.99. The molecule has 0 nitrogen and oxygen atoms in total. The molecule has 130 valence electrons. The second kappa shape index (κ2) is 8.30. The maximum atomic E-state index is 2.49. The van der Waals surface area contributed by atoms with Crippen LogP contribution in [-0.2, 0) is 6.16 Å². The zero-order chi connectivity index (χ0) is 17.9. The van der Waals surface area contributed by atoms with Crippen LogP contribution in [-0.4, -0.2) is 6.66 Å². The molecular formula is C23H33P. The van der Waals surface area contributed by atoms with Crippen molar-refractivity contribution >= 4 is 13.2 Å². The molecule has 0 saturated carbocycles. The highest BCUT2D eigenvalue weighted by Crippen LogP contribution is 2.41. The van der Waals surface area contributed by atoms with Gasteiger partial charge in [-0.2, -0.15) is 0 Å². The molecule has 24 heavy (non-hydrogen) atoms. The lowest BCUT2D eigenvalue weighted by Crippen LogP contribution is -2.19. The molecule has 1 unspecified atom stereocenters. The van der Waals surface area contributed by atoms with Gasteiger partial charge in [0.2, 0.25) is 0 Å².